The smallest absolute Gasteiger partial charge is 0.410 e. The lowest BCUT2D eigenvalue weighted by Crippen LogP contribution is -2.59. The van der Waals surface area contributed by atoms with Gasteiger partial charge in [-0.15, -0.1) is 0 Å². The van der Waals surface area contributed by atoms with Gasteiger partial charge in [-0.05, 0) is 91.5 Å². The summed E-state index contributed by atoms with van der Waals surface area (Å²) in [6, 6.07) is 13.0. The van der Waals surface area contributed by atoms with Crippen LogP contribution in [0.3, 0.4) is 0 Å². The fourth-order valence-corrected chi connectivity index (χ4v) is 8.33. The Morgan fingerprint density at radius 3 is 2.10 bits per heavy atom. The predicted octanol–water partition coefficient (Wildman–Crippen LogP) is 5.02. The summed E-state index contributed by atoms with van der Waals surface area (Å²) in [5, 5.41) is 5.43. The van der Waals surface area contributed by atoms with Gasteiger partial charge in [-0.1, -0.05) is 67.6 Å². The van der Waals surface area contributed by atoms with Gasteiger partial charge in [0, 0.05) is 25.2 Å². The SMILES string of the molecule is CC(O[C@@H](C)[C@H](NC(=O)OCc1ccccc1)C(=O)OCC(=O)c1ccccc1)[C@@H]1C[C@H](C)CN1C(=O)[C@H](C)NC(=O)[C@@H]1CCCCN1C(=O)[C@@H]1CCCN1C(=O)OC(C)(C)C. The minimum Gasteiger partial charge on any atom is -0.456 e. The molecule has 1 unspecified atom stereocenters. The second-order valence-corrected chi connectivity index (χ2v) is 17.6. The van der Waals surface area contributed by atoms with Gasteiger partial charge in [0.05, 0.1) is 18.2 Å². The van der Waals surface area contributed by atoms with Gasteiger partial charge >= 0.3 is 18.2 Å². The van der Waals surface area contributed by atoms with Crippen LogP contribution in [0.1, 0.15) is 103 Å². The Kier molecular flexibility index (Phi) is 16.5. The van der Waals surface area contributed by atoms with Crippen LogP contribution in [-0.2, 0) is 44.7 Å². The lowest BCUT2D eigenvalue weighted by Gasteiger charge is -2.39. The summed E-state index contributed by atoms with van der Waals surface area (Å²) in [5.74, 6) is -2.34. The van der Waals surface area contributed by atoms with Crippen LogP contribution in [0.15, 0.2) is 60.7 Å². The molecule has 8 atom stereocenters. The summed E-state index contributed by atoms with van der Waals surface area (Å²) < 4.78 is 22.7. The van der Waals surface area contributed by atoms with Gasteiger partial charge in [-0.2, -0.15) is 0 Å². The molecular formula is C46H63N5O11. The van der Waals surface area contributed by atoms with Crippen molar-refractivity contribution in [2.75, 3.05) is 26.2 Å². The van der Waals surface area contributed by atoms with Crippen molar-refractivity contribution in [2.45, 2.75) is 142 Å². The Bertz CT molecular complexity index is 1890. The van der Waals surface area contributed by atoms with E-state index in [9.17, 15) is 33.6 Å². The van der Waals surface area contributed by atoms with Gasteiger partial charge in [0.15, 0.2) is 18.4 Å². The molecule has 3 heterocycles. The molecule has 0 aliphatic carbocycles. The van der Waals surface area contributed by atoms with Crippen molar-refractivity contribution in [3.05, 3.63) is 71.8 Å². The van der Waals surface area contributed by atoms with E-state index >= 15 is 0 Å². The summed E-state index contributed by atoms with van der Waals surface area (Å²) >= 11 is 0. The number of amides is 5. The zero-order chi connectivity index (χ0) is 45.1. The number of hydrogen-bond acceptors (Lipinski definition) is 11. The first-order valence-corrected chi connectivity index (χ1v) is 21.7. The van der Waals surface area contributed by atoms with Crippen molar-refractivity contribution in [3.63, 3.8) is 0 Å². The normalized spacial score (nSPS) is 22.1. The number of ketones is 1. The molecule has 3 fully saturated rings. The number of piperidine rings is 1. The Balaban J connectivity index is 1.22. The quantitative estimate of drug-likeness (QED) is 0.139. The monoisotopic (exact) mass is 861 g/mol. The van der Waals surface area contributed by atoms with Crippen molar-refractivity contribution in [3.8, 4) is 0 Å². The van der Waals surface area contributed by atoms with Crippen LogP contribution in [0.4, 0.5) is 9.59 Å². The van der Waals surface area contributed by atoms with E-state index in [-0.39, 0.29) is 24.3 Å². The molecule has 0 saturated carbocycles. The Labute approximate surface area is 364 Å². The van der Waals surface area contributed by atoms with E-state index in [1.165, 1.54) is 4.90 Å². The number of benzene rings is 2. The minimum atomic E-state index is -1.38. The third-order valence-electron chi connectivity index (χ3n) is 11.4. The molecular weight excluding hydrogens is 799 g/mol. The van der Waals surface area contributed by atoms with Gasteiger partial charge in [-0.3, -0.25) is 24.1 Å². The molecule has 5 rings (SSSR count). The van der Waals surface area contributed by atoms with E-state index < -0.39 is 84.5 Å². The van der Waals surface area contributed by atoms with Crippen molar-refractivity contribution < 1.29 is 52.5 Å². The van der Waals surface area contributed by atoms with Crippen molar-refractivity contribution in [2.24, 2.45) is 5.92 Å². The molecule has 3 aliphatic rings. The number of likely N-dealkylation sites (tertiary alicyclic amines) is 3. The minimum absolute atomic E-state index is 0.0549. The van der Waals surface area contributed by atoms with Gasteiger partial charge in [0.2, 0.25) is 17.7 Å². The molecule has 62 heavy (non-hydrogen) atoms. The number of rotatable bonds is 15. The Hall–Kier alpha value is -5.51. The summed E-state index contributed by atoms with van der Waals surface area (Å²) in [6.45, 7) is 12.8. The molecule has 3 saturated heterocycles. The van der Waals surface area contributed by atoms with E-state index in [1.54, 1.807) is 106 Å². The zero-order valence-electron chi connectivity index (χ0n) is 37.0. The highest BCUT2D eigenvalue weighted by molar-refractivity contribution is 5.98. The van der Waals surface area contributed by atoms with E-state index in [2.05, 4.69) is 10.6 Å². The fourth-order valence-electron chi connectivity index (χ4n) is 8.33. The van der Waals surface area contributed by atoms with Crippen LogP contribution < -0.4 is 10.6 Å². The molecule has 2 N–H and O–H groups in total. The summed E-state index contributed by atoms with van der Waals surface area (Å²) in [4.78, 5) is 99.0. The van der Waals surface area contributed by atoms with Crippen LogP contribution in [0.25, 0.3) is 0 Å². The lowest BCUT2D eigenvalue weighted by atomic mass is 9.99. The topological polar surface area (TPSA) is 190 Å². The maximum absolute atomic E-state index is 14.1. The number of nitrogens with one attached hydrogen (secondary N) is 2. The van der Waals surface area contributed by atoms with Gasteiger partial charge in [-0.25, -0.2) is 14.4 Å². The maximum atomic E-state index is 14.1. The van der Waals surface area contributed by atoms with Crippen LogP contribution >= 0.6 is 0 Å². The molecule has 338 valence electrons. The molecule has 2 aromatic rings. The number of Topliss-reactive ketones (excluding diaryl/α,β-unsaturated/α-hetero) is 1. The summed E-state index contributed by atoms with van der Waals surface area (Å²) in [7, 11) is 0. The fraction of sp³-hybridized carbons (Fsp3) is 0.587. The molecule has 16 nitrogen and oxygen atoms in total. The summed E-state index contributed by atoms with van der Waals surface area (Å²) in [5.41, 5.74) is 0.366. The average molecular weight is 862 g/mol. The number of hydrogen-bond donors (Lipinski definition) is 2. The van der Waals surface area contributed by atoms with Crippen LogP contribution in [0, 0.1) is 5.92 Å². The van der Waals surface area contributed by atoms with Gasteiger partial charge in [0.25, 0.3) is 0 Å². The predicted molar refractivity (Wildman–Crippen MR) is 227 cm³/mol. The highest BCUT2D eigenvalue weighted by atomic mass is 16.6. The highest BCUT2D eigenvalue weighted by Crippen LogP contribution is 2.29. The van der Waals surface area contributed by atoms with Crippen LogP contribution in [0.2, 0.25) is 0 Å². The van der Waals surface area contributed by atoms with Gasteiger partial charge in [0.1, 0.15) is 30.3 Å². The first-order chi connectivity index (χ1) is 29.4. The second-order valence-electron chi connectivity index (χ2n) is 17.6. The molecule has 3 aliphatic heterocycles. The number of ether oxygens (including phenoxy) is 4. The molecule has 0 aromatic heterocycles. The van der Waals surface area contributed by atoms with Gasteiger partial charge < -0.3 is 39.4 Å². The average Bonchev–Trinajstić information content (AvgIpc) is 3.91. The second kappa shape index (κ2) is 21.5. The molecule has 0 bridgehead atoms. The standard InChI is InChI=1S/C46H63N5O11/c1-29-25-37(31(3)61-32(4)39(48-44(57)60-27-33-17-10-8-11-18-33)43(56)59-28-38(52)34-19-12-9-13-20-34)51(26-29)41(54)30(2)47-40(53)35-21-14-15-23-49(35)42(55)36-22-16-24-50(36)45(58)62-46(5,6)7/h8-13,17-20,29-32,35-37,39H,14-16,21-28H2,1-7H3,(H,47,53)(H,48,57)/t29-,30-,31?,32-,35-,36-,37-,39-/m0/s1. The molecule has 5 amide bonds. The number of nitrogens with zero attached hydrogens (tertiary/aromatic N) is 3. The molecule has 16 heteroatoms. The van der Waals surface area contributed by atoms with Crippen LogP contribution in [-0.4, -0.2) is 131 Å². The largest absolute Gasteiger partial charge is 0.456 e. The Morgan fingerprint density at radius 1 is 0.774 bits per heavy atom. The molecule has 0 radical (unpaired) electrons. The van der Waals surface area contributed by atoms with E-state index in [1.807, 2.05) is 13.0 Å². The first kappa shape index (κ1) is 47.5. The maximum Gasteiger partial charge on any atom is 0.410 e. The number of carbonyl (C=O) groups excluding carboxylic acids is 7. The molecule has 2 aromatic carbocycles. The van der Waals surface area contributed by atoms with E-state index in [0.29, 0.717) is 57.3 Å². The molecule has 0 spiro atoms. The zero-order valence-corrected chi connectivity index (χ0v) is 37.0. The van der Waals surface area contributed by atoms with Crippen molar-refractivity contribution in [1.82, 2.24) is 25.3 Å². The number of alkyl carbamates (subject to hydrolysis) is 1. The van der Waals surface area contributed by atoms with Crippen molar-refractivity contribution >= 4 is 41.7 Å². The van der Waals surface area contributed by atoms with E-state index in [0.717, 1.165) is 12.0 Å². The number of esters is 1. The Morgan fingerprint density at radius 2 is 1.42 bits per heavy atom. The van der Waals surface area contributed by atoms with Crippen molar-refractivity contribution in [1.29, 1.82) is 0 Å². The number of carbonyl (C=O) groups is 7. The third kappa shape index (κ3) is 12.8. The summed E-state index contributed by atoms with van der Waals surface area (Å²) in [6.07, 6.45) is 0.408. The first-order valence-electron chi connectivity index (χ1n) is 21.7. The highest BCUT2D eigenvalue weighted by Gasteiger charge is 2.44. The lowest BCUT2D eigenvalue weighted by molar-refractivity contribution is -0.152. The third-order valence-corrected chi connectivity index (χ3v) is 11.4. The van der Waals surface area contributed by atoms with Crippen LogP contribution in [0.5, 0.6) is 0 Å². The van der Waals surface area contributed by atoms with E-state index in [4.69, 9.17) is 18.9 Å².